The van der Waals surface area contributed by atoms with Gasteiger partial charge < -0.3 is 5.32 Å². The molecule has 2 aromatic carbocycles. The molecule has 1 saturated heterocycles. The number of benzene rings is 2. The molecule has 2 amide bonds. The van der Waals surface area contributed by atoms with Crippen molar-refractivity contribution in [1.29, 1.82) is 0 Å². The molecule has 3 aromatic rings. The Balaban J connectivity index is 1.37. The van der Waals surface area contributed by atoms with Crippen molar-refractivity contribution in [1.82, 2.24) is 9.88 Å². The number of hydrogen-bond acceptors (Lipinski definition) is 6. The molecule has 30 heavy (non-hydrogen) atoms. The minimum absolute atomic E-state index is 0.108. The highest BCUT2D eigenvalue weighted by Crippen LogP contribution is 2.33. The van der Waals surface area contributed by atoms with Crippen molar-refractivity contribution in [2.24, 2.45) is 0 Å². The molecule has 0 bridgehead atoms. The van der Waals surface area contributed by atoms with E-state index in [2.05, 4.69) is 10.3 Å². The molecule has 1 aliphatic rings. The third kappa shape index (κ3) is 4.84. The van der Waals surface area contributed by atoms with Gasteiger partial charge in [0.1, 0.15) is 4.32 Å². The number of carbonyl (C=O) groups is 2. The molecule has 5 nitrogen and oxygen atoms in total. The van der Waals surface area contributed by atoms with Crippen molar-refractivity contribution in [2.45, 2.75) is 6.42 Å². The summed E-state index contributed by atoms with van der Waals surface area (Å²) in [7, 11) is 0. The third-order valence-corrected chi connectivity index (χ3v) is 7.00. The first kappa shape index (κ1) is 21.3. The molecule has 2 heterocycles. The maximum absolute atomic E-state index is 12.7. The fourth-order valence-electron chi connectivity index (χ4n) is 2.75. The van der Waals surface area contributed by atoms with Crippen molar-refractivity contribution >= 4 is 96.1 Å². The lowest BCUT2D eigenvalue weighted by atomic mass is 10.2. The number of halogens is 2. The van der Waals surface area contributed by atoms with Crippen LogP contribution in [-0.2, 0) is 9.59 Å². The maximum atomic E-state index is 12.7. The Kier molecular flexibility index (Phi) is 6.40. The highest BCUT2D eigenvalue weighted by atomic mass is 35.5. The molecule has 0 spiro atoms. The number of aromatic nitrogens is 1. The van der Waals surface area contributed by atoms with Crippen molar-refractivity contribution < 1.29 is 9.59 Å². The van der Waals surface area contributed by atoms with Gasteiger partial charge >= 0.3 is 0 Å². The van der Waals surface area contributed by atoms with Gasteiger partial charge in [0.2, 0.25) is 5.91 Å². The van der Waals surface area contributed by atoms with E-state index in [9.17, 15) is 9.59 Å². The van der Waals surface area contributed by atoms with E-state index in [1.54, 1.807) is 36.4 Å². The predicted octanol–water partition coefficient (Wildman–Crippen LogP) is 5.83. The molecule has 0 atom stereocenters. The van der Waals surface area contributed by atoms with Gasteiger partial charge in [-0.2, -0.15) is 0 Å². The number of carbonyl (C=O) groups excluding carboxylic acids is 2. The van der Waals surface area contributed by atoms with Gasteiger partial charge in [0.15, 0.2) is 5.13 Å². The fraction of sp³-hybridized carbons (Fsp3) is 0.100. The summed E-state index contributed by atoms with van der Waals surface area (Å²) in [6.07, 6.45) is 1.87. The normalized spacial score (nSPS) is 15.4. The van der Waals surface area contributed by atoms with Crippen molar-refractivity contribution in [2.75, 3.05) is 11.9 Å². The van der Waals surface area contributed by atoms with Crippen LogP contribution in [0.25, 0.3) is 16.3 Å². The van der Waals surface area contributed by atoms with Gasteiger partial charge in [-0.3, -0.25) is 14.5 Å². The SMILES string of the molecule is O=C(CCN1C(=O)/C(=C/c2ccc(Cl)cc2)SC1=S)Nc1nc2ccc(Cl)cc2s1. The van der Waals surface area contributed by atoms with Gasteiger partial charge in [0, 0.05) is 23.0 Å². The lowest BCUT2D eigenvalue weighted by molar-refractivity contribution is -0.122. The summed E-state index contributed by atoms with van der Waals surface area (Å²) in [5.74, 6) is -0.446. The Labute approximate surface area is 196 Å². The molecule has 152 valence electrons. The Morgan fingerprint density at radius 1 is 1.17 bits per heavy atom. The van der Waals surface area contributed by atoms with Crippen LogP contribution >= 0.6 is 58.5 Å². The summed E-state index contributed by atoms with van der Waals surface area (Å²) in [4.78, 5) is 31.4. The Morgan fingerprint density at radius 2 is 1.90 bits per heavy atom. The first-order valence-electron chi connectivity index (χ1n) is 8.76. The second-order valence-electron chi connectivity index (χ2n) is 6.31. The van der Waals surface area contributed by atoms with Crippen LogP contribution in [0, 0.1) is 0 Å². The summed E-state index contributed by atoms with van der Waals surface area (Å²) in [6, 6.07) is 12.5. The molecule has 1 aromatic heterocycles. The Hall–Kier alpha value is -1.97. The van der Waals surface area contributed by atoms with E-state index in [0.29, 0.717) is 24.4 Å². The smallest absolute Gasteiger partial charge is 0.266 e. The summed E-state index contributed by atoms with van der Waals surface area (Å²) >= 11 is 19.8. The number of thiocarbonyl (C=S) groups is 1. The van der Waals surface area contributed by atoms with E-state index in [0.717, 1.165) is 15.8 Å². The largest absolute Gasteiger partial charge is 0.302 e. The van der Waals surface area contributed by atoms with Crippen LogP contribution in [0.2, 0.25) is 10.0 Å². The van der Waals surface area contributed by atoms with Crippen molar-refractivity contribution in [3.63, 3.8) is 0 Å². The molecule has 4 rings (SSSR count). The summed E-state index contributed by atoms with van der Waals surface area (Å²) in [5.41, 5.74) is 1.62. The molecule has 1 N–H and O–H groups in total. The number of fused-ring (bicyclic) bond motifs is 1. The zero-order chi connectivity index (χ0) is 21.3. The van der Waals surface area contributed by atoms with Crippen molar-refractivity contribution in [3.8, 4) is 0 Å². The number of hydrogen-bond donors (Lipinski definition) is 1. The topological polar surface area (TPSA) is 62.3 Å². The molecule has 0 aliphatic carbocycles. The number of nitrogens with one attached hydrogen (secondary N) is 1. The van der Waals surface area contributed by atoms with Gasteiger partial charge in [0.05, 0.1) is 15.1 Å². The van der Waals surface area contributed by atoms with Gasteiger partial charge in [0.25, 0.3) is 5.91 Å². The quantitative estimate of drug-likeness (QED) is 0.357. The minimum Gasteiger partial charge on any atom is -0.302 e. The van der Waals surface area contributed by atoms with Crippen LogP contribution in [0.4, 0.5) is 5.13 Å². The van der Waals surface area contributed by atoms with E-state index >= 15 is 0 Å². The van der Waals surface area contributed by atoms with Crippen LogP contribution in [0.3, 0.4) is 0 Å². The molecule has 0 unspecified atom stereocenters. The predicted molar refractivity (Wildman–Crippen MR) is 129 cm³/mol. The monoisotopic (exact) mass is 493 g/mol. The molecule has 1 fully saturated rings. The summed E-state index contributed by atoms with van der Waals surface area (Å²) in [6.45, 7) is 0.200. The van der Waals surface area contributed by atoms with E-state index < -0.39 is 0 Å². The first-order valence-corrected chi connectivity index (χ1v) is 11.6. The third-order valence-electron chi connectivity index (χ3n) is 4.20. The van der Waals surface area contributed by atoms with E-state index in [1.165, 1.54) is 28.0 Å². The molecular formula is C20H13Cl2N3O2S3. The van der Waals surface area contributed by atoms with Gasteiger partial charge in [-0.15, -0.1) is 0 Å². The number of amides is 2. The molecule has 0 radical (unpaired) electrons. The molecule has 10 heteroatoms. The highest BCUT2D eigenvalue weighted by Gasteiger charge is 2.32. The van der Waals surface area contributed by atoms with Gasteiger partial charge in [-0.1, -0.05) is 70.7 Å². The lowest BCUT2D eigenvalue weighted by Crippen LogP contribution is -2.31. The van der Waals surface area contributed by atoms with E-state index in [1.807, 2.05) is 12.1 Å². The van der Waals surface area contributed by atoms with Gasteiger partial charge in [-0.05, 0) is 42.0 Å². The number of anilines is 1. The fourth-order valence-corrected chi connectivity index (χ4v) is 5.34. The zero-order valence-corrected chi connectivity index (χ0v) is 19.2. The second-order valence-corrected chi connectivity index (χ2v) is 9.89. The first-order chi connectivity index (χ1) is 14.4. The maximum Gasteiger partial charge on any atom is 0.266 e. The molecule has 1 aliphatic heterocycles. The van der Waals surface area contributed by atoms with Crippen molar-refractivity contribution in [3.05, 3.63) is 63.0 Å². The van der Waals surface area contributed by atoms with Crippen LogP contribution in [-0.4, -0.2) is 32.6 Å². The number of nitrogens with zero attached hydrogens (tertiary/aromatic N) is 2. The Morgan fingerprint density at radius 3 is 2.67 bits per heavy atom. The second kappa shape index (κ2) is 9.03. The average molecular weight is 494 g/mol. The summed E-state index contributed by atoms with van der Waals surface area (Å²) in [5, 5.41) is 4.50. The van der Waals surface area contributed by atoms with Gasteiger partial charge in [-0.25, -0.2) is 4.98 Å². The zero-order valence-electron chi connectivity index (χ0n) is 15.2. The number of thiazole rings is 1. The standard InChI is InChI=1S/C20H13Cl2N3O2S3/c21-12-3-1-11(2-4-12)9-16-18(27)25(20(28)30-16)8-7-17(26)24-19-23-14-6-5-13(22)10-15(14)29-19/h1-6,9-10H,7-8H2,(H,23,24,26)/b16-9-. The van der Waals surface area contributed by atoms with Crippen LogP contribution < -0.4 is 5.32 Å². The van der Waals surface area contributed by atoms with Crippen LogP contribution in [0.1, 0.15) is 12.0 Å². The molecule has 0 saturated carbocycles. The van der Waals surface area contributed by atoms with E-state index in [-0.39, 0.29) is 24.8 Å². The Bertz CT molecular complexity index is 1190. The number of thioether (sulfide) groups is 1. The number of rotatable bonds is 5. The van der Waals surface area contributed by atoms with Crippen LogP contribution in [0.5, 0.6) is 0 Å². The summed E-state index contributed by atoms with van der Waals surface area (Å²) < 4.78 is 1.32. The minimum atomic E-state index is -0.240. The highest BCUT2D eigenvalue weighted by molar-refractivity contribution is 8.26. The lowest BCUT2D eigenvalue weighted by Gasteiger charge is -2.13. The molecular weight excluding hydrogens is 481 g/mol. The van der Waals surface area contributed by atoms with Crippen LogP contribution in [0.15, 0.2) is 47.4 Å². The average Bonchev–Trinajstić information content (AvgIpc) is 3.21. The van der Waals surface area contributed by atoms with E-state index in [4.69, 9.17) is 35.4 Å².